The van der Waals surface area contributed by atoms with Gasteiger partial charge in [-0.1, -0.05) is 46.8 Å². The van der Waals surface area contributed by atoms with E-state index in [0.717, 1.165) is 16.7 Å². The van der Waals surface area contributed by atoms with E-state index in [2.05, 4.69) is 34.6 Å². The average molecular weight is 269 g/mol. The van der Waals surface area contributed by atoms with Crippen LogP contribution in [0.15, 0.2) is 30.8 Å². The van der Waals surface area contributed by atoms with Crippen molar-refractivity contribution in [3.63, 3.8) is 0 Å². The second-order valence-corrected chi connectivity index (χ2v) is 5.03. The number of ether oxygens (including phenoxy) is 1. The number of rotatable bonds is 3. The van der Waals surface area contributed by atoms with Crippen molar-refractivity contribution in [1.82, 2.24) is 0 Å². The van der Waals surface area contributed by atoms with E-state index >= 15 is 0 Å². The molecular formula is C13H17BrO. The van der Waals surface area contributed by atoms with Crippen LogP contribution in [0.3, 0.4) is 0 Å². The van der Waals surface area contributed by atoms with Gasteiger partial charge < -0.3 is 4.74 Å². The number of alkyl halides is 1. The Labute approximate surface area is 100 Å². The maximum Gasteiger partial charge on any atom is 0.120 e. The molecule has 0 bridgehead atoms. The Bertz CT molecular complexity index is 333. The topological polar surface area (TPSA) is 9.23 Å². The molecule has 1 nitrogen and oxygen atoms in total. The Hall–Kier alpha value is -0.760. The first-order valence-electron chi connectivity index (χ1n) is 4.95. The average Bonchev–Trinajstić information content (AvgIpc) is 2.15. The smallest absolute Gasteiger partial charge is 0.120 e. The molecule has 15 heavy (non-hydrogen) atoms. The van der Waals surface area contributed by atoms with Crippen molar-refractivity contribution in [2.45, 2.75) is 31.7 Å². The van der Waals surface area contributed by atoms with E-state index in [0.29, 0.717) is 0 Å². The highest BCUT2D eigenvalue weighted by molar-refractivity contribution is 9.08. The lowest BCUT2D eigenvalue weighted by Crippen LogP contribution is -2.17. The van der Waals surface area contributed by atoms with Crippen molar-refractivity contribution in [2.75, 3.05) is 0 Å². The Morgan fingerprint density at radius 3 is 2.20 bits per heavy atom. The van der Waals surface area contributed by atoms with Crippen molar-refractivity contribution in [1.29, 1.82) is 0 Å². The summed E-state index contributed by atoms with van der Waals surface area (Å²) in [5, 5.41) is 0.875. The van der Waals surface area contributed by atoms with E-state index in [9.17, 15) is 0 Å². The third-order valence-corrected chi connectivity index (χ3v) is 2.51. The molecule has 0 N–H and O–H groups in total. The quantitative estimate of drug-likeness (QED) is 0.585. The molecule has 0 heterocycles. The molecule has 0 aliphatic heterocycles. The van der Waals surface area contributed by atoms with Gasteiger partial charge >= 0.3 is 0 Å². The van der Waals surface area contributed by atoms with E-state index in [1.165, 1.54) is 5.56 Å². The molecule has 0 saturated carbocycles. The van der Waals surface area contributed by atoms with Crippen LogP contribution in [0.25, 0.3) is 5.76 Å². The standard InChI is InChI=1S/C13H17BrO/c1-10(15-13(2,3)4)12-7-5-11(9-14)6-8-12/h5-8H,1,9H2,2-4H3. The second kappa shape index (κ2) is 4.84. The zero-order chi connectivity index (χ0) is 11.5. The Morgan fingerprint density at radius 1 is 1.27 bits per heavy atom. The van der Waals surface area contributed by atoms with Crippen molar-refractivity contribution in [3.8, 4) is 0 Å². The van der Waals surface area contributed by atoms with Crippen LogP contribution in [0.4, 0.5) is 0 Å². The van der Waals surface area contributed by atoms with Gasteiger partial charge in [-0.3, -0.25) is 0 Å². The van der Waals surface area contributed by atoms with Gasteiger partial charge in [0.05, 0.1) is 0 Å². The summed E-state index contributed by atoms with van der Waals surface area (Å²) in [6.07, 6.45) is 0. The minimum absolute atomic E-state index is 0.189. The predicted octanol–water partition coefficient (Wildman–Crippen LogP) is 4.37. The van der Waals surface area contributed by atoms with Gasteiger partial charge in [0.25, 0.3) is 0 Å². The summed E-state index contributed by atoms with van der Waals surface area (Å²) >= 11 is 3.41. The third kappa shape index (κ3) is 4.08. The van der Waals surface area contributed by atoms with Gasteiger partial charge in [-0.25, -0.2) is 0 Å². The maximum absolute atomic E-state index is 5.69. The molecular weight excluding hydrogens is 252 g/mol. The molecule has 0 amide bonds. The summed E-state index contributed by atoms with van der Waals surface area (Å²) in [5.41, 5.74) is 2.10. The van der Waals surface area contributed by atoms with Gasteiger partial charge in [0.2, 0.25) is 0 Å². The molecule has 0 aromatic heterocycles. The van der Waals surface area contributed by atoms with Gasteiger partial charge in [0.15, 0.2) is 0 Å². The first-order chi connectivity index (χ1) is 6.92. The van der Waals surface area contributed by atoms with Crippen LogP contribution >= 0.6 is 15.9 Å². The molecule has 0 unspecified atom stereocenters. The van der Waals surface area contributed by atoms with Gasteiger partial charge in [0.1, 0.15) is 11.4 Å². The zero-order valence-electron chi connectivity index (χ0n) is 9.51. The fourth-order valence-corrected chi connectivity index (χ4v) is 1.58. The Balaban J connectivity index is 2.75. The molecule has 1 rings (SSSR count). The SMILES string of the molecule is C=C(OC(C)(C)C)c1ccc(CBr)cc1. The lowest BCUT2D eigenvalue weighted by molar-refractivity contribution is 0.0976. The van der Waals surface area contributed by atoms with Crippen LogP contribution in [-0.2, 0) is 10.1 Å². The number of benzene rings is 1. The molecule has 1 aromatic rings. The molecule has 82 valence electrons. The normalized spacial score (nSPS) is 11.2. The summed E-state index contributed by atoms with van der Waals surface area (Å²) in [5.74, 6) is 0.726. The molecule has 0 aliphatic rings. The van der Waals surface area contributed by atoms with E-state index in [1.807, 2.05) is 32.9 Å². The highest BCUT2D eigenvalue weighted by Gasteiger charge is 2.13. The summed E-state index contributed by atoms with van der Waals surface area (Å²) in [4.78, 5) is 0. The number of hydrogen-bond donors (Lipinski definition) is 0. The zero-order valence-corrected chi connectivity index (χ0v) is 11.1. The predicted molar refractivity (Wildman–Crippen MR) is 68.9 cm³/mol. The van der Waals surface area contributed by atoms with Crippen molar-refractivity contribution < 1.29 is 4.74 Å². The molecule has 0 saturated heterocycles. The summed E-state index contributed by atoms with van der Waals surface area (Å²) in [6.45, 7) is 9.99. The highest BCUT2D eigenvalue weighted by atomic mass is 79.9. The highest BCUT2D eigenvalue weighted by Crippen LogP contribution is 2.21. The molecule has 0 spiro atoms. The van der Waals surface area contributed by atoms with Crippen molar-refractivity contribution in [2.24, 2.45) is 0 Å². The maximum atomic E-state index is 5.69. The summed E-state index contributed by atoms with van der Waals surface area (Å²) in [6, 6.07) is 8.21. The summed E-state index contributed by atoms with van der Waals surface area (Å²) < 4.78 is 5.69. The van der Waals surface area contributed by atoms with Crippen LogP contribution in [0.1, 0.15) is 31.9 Å². The van der Waals surface area contributed by atoms with E-state index < -0.39 is 0 Å². The van der Waals surface area contributed by atoms with Crippen molar-refractivity contribution in [3.05, 3.63) is 42.0 Å². The number of hydrogen-bond acceptors (Lipinski definition) is 1. The second-order valence-electron chi connectivity index (χ2n) is 4.47. The molecule has 0 aliphatic carbocycles. The van der Waals surface area contributed by atoms with E-state index in [-0.39, 0.29) is 5.60 Å². The molecule has 0 radical (unpaired) electrons. The minimum Gasteiger partial charge on any atom is -0.488 e. The molecule has 1 aromatic carbocycles. The lowest BCUT2D eigenvalue weighted by atomic mass is 10.1. The summed E-state index contributed by atoms with van der Waals surface area (Å²) in [7, 11) is 0. The first kappa shape index (κ1) is 12.3. The minimum atomic E-state index is -0.189. The van der Waals surface area contributed by atoms with E-state index in [1.54, 1.807) is 0 Å². The first-order valence-corrected chi connectivity index (χ1v) is 6.08. The van der Waals surface area contributed by atoms with Crippen LogP contribution < -0.4 is 0 Å². The largest absolute Gasteiger partial charge is 0.488 e. The molecule has 0 atom stereocenters. The fourth-order valence-electron chi connectivity index (χ4n) is 1.21. The van der Waals surface area contributed by atoms with Crippen LogP contribution in [-0.4, -0.2) is 5.60 Å². The monoisotopic (exact) mass is 268 g/mol. The lowest BCUT2D eigenvalue weighted by Gasteiger charge is -2.22. The van der Waals surface area contributed by atoms with Gasteiger partial charge in [-0.2, -0.15) is 0 Å². The van der Waals surface area contributed by atoms with Crippen LogP contribution in [0, 0.1) is 0 Å². The Morgan fingerprint density at radius 2 is 1.80 bits per heavy atom. The molecule has 0 fully saturated rings. The van der Waals surface area contributed by atoms with Crippen LogP contribution in [0.5, 0.6) is 0 Å². The van der Waals surface area contributed by atoms with Gasteiger partial charge in [0, 0.05) is 10.9 Å². The van der Waals surface area contributed by atoms with E-state index in [4.69, 9.17) is 4.74 Å². The molecule has 2 heteroatoms. The van der Waals surface area contributed by atoms with Crippen molar-refractivity contribution >= 4 is 21.7 Å². The van der Waals surface area contributed by atoms with Gasteiger partial charge in [-0.15, -0.1) is 0 Å². The fraction of sp³-hybridized carbons (Fsp3) is 0.385. The number of halogens is 1. The Kier molecular flexibility index (Phi) is 3.97. The van der Waals surface area contributed by atoms with Crippen LogP contribution in [0.2, 0.25) is 0 Å². The van der Waals surface area contributed by atoms with Gasteiger partial charge in [-0.05, 0) is 26.3 Å². The third-order valence-electron chi connectivity index (χ3n) is 1.86.